The van der Waals surface area contributed by atoms with Crippen LogP contribution in [-0.2, 0) is 32.3 Å². The Morgan fingerprint density at radius 2 is 1.73 bits per heavy atom. The van der Waals surface area contributed by atoms with Crippen molar-refractivity contribution in [1.29, 1.82) is 0 Å². The van der Waals surface area contributed by atoms with Crippen molar-refractivity contribution >= 4 is 5.97 Å². The van der Waals surface area contributed by atoms with E-state index in [4.69, 9.17) is 14.3 Å². The Kier molecular flexibility index (Phi) is 5.02. The molecule has 2 heterocycles. The second-order valence-corrected chi connectivity index (χ2v) is 6.86. The summed E-state index contributed by atoms with van der Waals surface area (Å²) in [6.45, 7) is 3.17. The van der Waals surface area contributed by atoms with Crippen LogP contribution in [0.5, 0.6) is 0 Å². The third-order valence-electron chi connectivity index (χ3n) is 4.96. The highest BCUT2D eigenvalue weighted by molar-refractivity contribution is 5.72. The lowest BCUT2D eigenvalue weighted by atomic mass is 10.0. The van der Waals surface area contributed by atoms with Crippen LogP contribution in [0.2, 0.25) is 0 Å². The molecule has 0 spiro atoms. The summed E-state index contributed by atoms with van der Waals surface area (Å²) < 4.78 is 11.7. The van der Waals surface area contributed by atoms with E-state index in [-0.39, 0.29) is 30.3 Å². The predicted octanol–water partition coefficient (Wildman–Crippen LogP) is 3.09. The van der Waals surface area contributed by atoms with Crippen molar-refractivity contribution in [2.24, 2.45) is 0 Å². The number of hydrogen-bond acceptors (Lipinski definition) is 5. The molecule has 2 aromatic carbocycles. The fourth-order valence-corrected chi connectivity index (χ4v) is 3.66. The molecule has 0 saturated carbocycles. The van der Waals surface area contributed by atoms with Gasteiger partial charge >= 0.3 is 5.97 Å². The second-order valence-electron chi connectivity index (χ2n) is 6.86. The van der Waals surface area contributed by atoms with Crippen LogP contribution < -0.4 is 0 Å². The van der Waals surface area contributed by atoms with Crippen molar-refractivity contribution < 1.29 is 19.1 Å². The predicted molar refractivity (Wildman–Crippen MR) is 95.8 cm³/mol. The van der Waals surface area contributed by atoms with Crippen LogP contribution in [0.3, 0.4) is 0 Å². The van der Waals surface area contributed by atoms with Crippen LogP contribution in [0.15, 0.2) is 60.7 Å². The quantitative estimate of drug-likeness (QED) is 0.747. The molecular formula is C21H23NO4. The van der Waals surface area contributed by atoms with Crippen LogP contribution in [0.4, 0.5) is 0 Å². The lowest BCUT2D eigenvalue weighted by Crippen LogP contribution is -2.45. The second kappa shape index (κ2) is 7.58. The van der Waals surface area contributed by atoms with E-state index in [9.17, 15) is 4.79 Å². The first-order valence-corrected chi connectivity index (χ1v) is 9.03. The average molecular weight is 353 g/mol. The zero-order valence-corrected chi connectivity index (χ0v) is 14.8. The van der Waals surface area contributed by atoms with Crippen molar-refractivity contribution in [2.45, 2.75) is 50.8 Å². The maximum absolute atomic E-state index is 11.7. The van der Waals surface area contributed by atoms with Crippen molar-refractivity contribution in [3.8, 4) is 0 Å². The topological polar surface area (TPSA) is 48.0 Å². The maximum atomic E-state index is 11.7. The van der Waals surface area contributed by atoms with Crippen molar-refractivity contribution in [1.82, 2.24) is 5.06 Å². The molecule has 2 saturated heterocycles. The summed E-state index contributed by atoms with van der Waals surface area (Å²) in [7, 11) is 0. The summed E-state index contributed by atoms with van der Waals surface area (Å²) in [4.78, 5) is 17.8. The van der Waals surface area contributed by atoms with Crippen LogP contribution >= 0.6 is 0 Å². The Labute approximate surface area is 153 Å². The monoisotopic (exact) mass is 353 g/mol. The molecule has 0 aromatic heterocycles. The minimum Gasteiger partial charge on any atom is -0.458 e. The van der Waals surface area contributed by atoms with Crippen molar-refractivity contribution in [2.75, 3.05) is 0 Å². The largest absolute Gasteiger partial charge is 0.458 e. The van der Waals surface area contributed by atoms with Gasteiger partial charge in [0.1, 0.15) is 12.1 Å². The van der Waals surface area contributed by atoms with Gasteiger partial charge in [-0.1, -0.05) is 60.7 Å². The van der Waals surface area contributed by atoms with E-state index in [1.54, 1.807) is 0 Å². The van der Waals surface area contributed by atoms with Gasteiger partial charge in [-0.15, -0.1) is 0 Å². The minimum absolute atomic E-state index is 0.129. The lowest BCUT2D eigenvalue weighted by molar-refractivity contribution is -0.191. The third kappa shape index (κ3) is 3.65. The number of carbonyl (C=O) groups excluding carboxylic acids is 1. The Bertz CT molecular complexity index is 736. The third-order valence-corrected chi connectivity index (χ3v) is 4.96. The molecule has 26 heavy (non-hydrogen) atoms. The highest BCUT2D eigenvalue weighted by Gasteiger charge is 2.53. The molecule has 2 fully saturated rings. The fourth-order valence-electron chi connectivity index (χ4n) is 3.66. The summed E-state index contributed by atoms with van der Waals surface area (Å²) in [5.74, 6) is -0.195. The summed E-state index contributed by atoms with van der Waals surface area (Å²) in [5.41, 5.74) is 2.27. The normalized spacial score (nSPS) is 26.5. The molecule has 5 nitrogen and oxygen atoms in total. The summed E-state index contributed by atoms with van der Waals surface area (Å²) in [6, 6.07) is 20.1. The van der Waals surface area contributed by atoms with E-state index >= 15 is 0 Å². The smallest absolute Gasteiger partial charge is 0.309 e. The molecule has 0 N–H and O–H groups in total. The van der Waals surface area contributed by atoms with E-state index in [1.807, 2.05) is 60.5 Å². The van der Waals surface area contributed by atoms with E-state index in [0.29, 0.717) is 19.6 Å². The van der Waals surface area contributed by atoms with Gasteiger partial charge in [0, 0.05) is 6.54 Å². The molecule has 0 radical (unpaired) electrons. The lowest BCUT2D eigenvalue weighted by Gasteiger charge is -2.30. The fraction of sp³-hybridized carbons (Fsp3) is 0.381. The van der Waals surface area contributed by atoms with Gasteiger partial charge in [-0.05, 0) is 18.1 Å². The first-order chi connectivity index (χ1) is 12.7. The number of carbonyl (C=O) groups is 1. The number of hydrogen-bond donors (Lipinski definition) is 0. The zero-order chi connectivity index (χ0) is 17.9. The molecule has 4 atom stereocenters. The maximum Gasteiger partial charge on any atom is 0.309 e. The van der Waals surface area contributed by atoms with Crippen LogP contribution in [0.1, 0.15) is 24.5 Å². The number of esters is 1. The number of rotatable bonds is 6. The number of ether oxygens (including phenoxy) is 2. The van der Waals surface area contributed by atoms with Gasteiger partial charge in [0.05, 0.1) is 19.1 Å². The molecule has 136 valence electrons. The molecule has 0 amide bonds. The van der Waals surface area contributed by atoms with Gasteiger partial charge in [-0.2, -0.15) is 5.06 Å². The average Bonchev–Trinajstić information content (AvgIpc) is 3.16. The standard InChI is InChI=1S/C21H23NO4/c1-15(24-14-17-10-6-3-7-11-17)20-21-18(12-19(23)25-21)26-22(20)13-16-8-4-2-5-9-16/h2-11,15,18,20-21H,12-14H2,1H3/t15-,18-,20+,21+/m0/s1. The highest BCUT2D eigenvalue weighted by atomic mass is 16.7. The number of nitrogens with zero attached hydrogens (tertiary/aromatic N) is 1. The number of hydroxylamine groups is 2. The molecule has 4 rings (SSSR count). The van der Waals surface area contributed by atoms with Crippen LogP contribution in [-0.4, -0.2) is 35.4 Å². The molecular weight excluding hydrogens is 330 g/mol. The molecule has 2 aliphatic rings. The van der Waals surface area contributed by atoms with Crippen molar-refractivity contribution in [3.05, 3.63) is 71.8 Å². The summed E-state index contributed by atoms with van der Waals surface area (Å²) >= 11 is 0. The molecule has 0 aliphatic carbocycles. The van der Waals surface area contributed by atoms with Gasteiger partial charge < -0.3 is 9.47 Å². The Hall–Kier alpha value is -2.21. The Morgan fingerprint density at radius 1 is 1.08 bits per heavy atom. The van der Waals surface area contributed by atoms with Crippen LogP contribution in [0, 0.1) is 0 Å². The first-order valence-electron chi connectivity index (χ1n) is 9.03. The molecule has 5 heteroatoms. The Morgan fingerprint density at radius 3 is 2.42 bits per heavy atom. The SMILES string of the molecule is C[C@H](OCc1ccccc1)[C@@H]1[C@@H]2OC(=O)C[C@@H]2ON1Cc1ccccc1. The summed E-state index contributed by atoms with van der Waals surface area (Å²) in [6.07, 6.45) is -0.339. The van der Waals surface area contributed by atoms with E-state index in [0.717, 1.165) is 11.1 Å². The van der Waals surface area contributed by atoms with Gasteiger partial charge in [-0.3, -0.25) is 9.63 Å². The van der Waals surface area contributed by atoms with Crippen LogP contribution in [0.25, 0.3) is 0 Å². The van der Waals surface area contributed by atoms with Gasteiger partial charge in [0.25, 0.3) is 0 Å². The zero-order valence-electron chi connectivity index (χ0n) is 14.8. The minimum atomic E-state index is -0.281. The molecule has 0 bridgehead atoms. The molecule has 2 aliphatic heterocycles. The van der Waals surface area contributed by atoms with Gasteiger partial charge in [0.2, 0.25) is 0 Å². The van der Waals surface area contributed by atoms with Crippen molar-refractivity contribution in [3.63, 3.8) is 0 Å². The Balaban J connectivity index is 1.47. The van der Waals surface area contributed by atoms with E-state index in [2.05, 4.69) is 12.1 Å². The highest BCUT2D eigenvalue weighted by Crippen LogP contribution is 2.35. The number of fused-ring (bicyclic) bond motifs is 1. The molecule has 2 aromatic rings. The van der Waals surface area contributed by atoms with Gasteiger partial charge in [-0.25, -0.2) is 0 Å². The van der Waals surface area contributed by atoms with E-state index in [1.165, 1.54) is 0 Å². The van der Waals surface area contributed by atoms with Gasteiger partial charge in [0.15, 0.2) is 6.10 Å². The number of benzene rings is 2. The summed E-state index contributed by atoms with van der Waals surface area (Å²) in [5, 5.41) is 1.92. The first kappa shape index (κ1) is 17.2. The molecule has 0 unspecified atom stereocenters. The van der Waals surface area contributed by atoms with E-state index < -0.39 is 0 Å².